The zero-order chi connectivity index (χ0) is 11.3. The molecule has 0 unspecified atom stereocenters. The molecule has 1 amide bonds. The fourth-order valence-corrected chi connectivity index (χ4v) is 1.47. The molecule has 82 valence electrons. The number of hydrogen-bond acceptors (Lipinski definition) is 1. The summed E-state index contributed by atoms with van der Waals surface area (Å²) in [5, 5.41) is 3.31. The predicted octanol–water partition coefficient (Wildman–Crippen LogP) is 3.61. The standard InChI is InChI=1S/C11H13Cl2NO/c1-8-4-5-9(13)10(7-8)14-11(15)3-2-6-12/h4-5,7H,2-3,6H2,1H3,(H,14,15). The van der Waals surface area contributed by atoms with Gasteiger partial charge in [0.15, 0.2) is 0 Å². The van der Waals surface area contributed by atoms with E-state index in [9.17, 15) is 4.79 Å². The maximum absolute atomic E-state index is 11.4. The minimum atomic E-state index is -0.0526. The van der Waals surface area contributed by atoms with Crippen molar-refractivity contribution in [3.05, 3.63) is 28.8 Å². The Labute approximate surface area is 99.6 Å². The van der Waals surface area contributed by atoms with Crippen LogP contribution in [-0.2, 0) is 4.79 Å². The minimum absolute atomic E-state index is 0.0526. The van der Waals surface area contributed by atoms with Crippen LogP contribution in [0.4, 0.5) is 5.69 Å². The Morgan fingerprint density at radius 3 is 2.87 bits per heavy atom. The Kier molecular flexibility index (Phi) is 4.92. The van der Waals surface area contributed by atoms with Crippen LogP contribution < -0.4 is 5.32 Å². The van der Waals surface area contributed by atoms with Gasteiger partial charge >= 0.3 is 0 Å². The summed E-state index contributed by atoms with van der Waals surface area (Å²) in [6.07, 6.45) is 1.10. The van der Waals surface area contributed by atoms with Crippen LogP contribution in [0.2, 0.25) is 5.02 Å². The predicted molar refractivity (Wildman–Crippen MR) is 64.8 cm³/mol. The molecule has 1 rings (SSSR count). The van der Waals surface area contributed by atoms with Crippen molar-refractivity contribution in [3.63, 3.8) is 0 Å². The highest BCUT2D eigenvalue weighted by atomic mass is 35.5. The van der Waals surface area contributed by atoms with E-state index in [0.717, 1.165) is 5.56 Å². The van der Waals surface area contributed by atoms with Crippen LogP contribution in [0, 0.1) is 6.92 Å². The summed E-state index contributed by atoms with van der Waals surface area (Å²) in [4.78, 5) is 11.4. The molecule has 0 aromatic heterocycles. The van der Waals surface area contributed by atoms with Crippen LogP contribution in [0.1, 0.15) is 18.4 Å². The SMILES string of the molecule is Cc1ccc(Cl)c(NC(=O)CCCCl)c1. The molecule has 0 fully saturated rings. The number of anilines is 1. The van der Waals surface area contributed by atoms with Crippen LogP contribution in [0.5, 0.6) is 0 Å². The minimum Gasteiger partial charge on any atom is -0.325 e. The third kappa shape index (κ3) is 4.10. The van der Waals surface area contributed by atoms with Crippen LogP contribution in [-0.4, -0.2) is 11.8 Å². The molecule has 0 aliphatic rings. The van der Waals surface area contributed by atoms with Crippen LogP contribution in [0.3, 0.4) is 0 Å². The van der Waals surface area contributed by atoms with E-state index in [0.29, 0.717) is 29.4 Å². The van der Waals surface area contributed by atoms with E-state index >= 15 is 0 Å². The number of nitrogens with one attached hydrogen (secondary N) is 1. The van der Waals surface area contributed by atoms with Crippen molar-refractivity contribution in [2.75, 3.05) is 11.2 Å². The van der Waals surface area contributed by atoms with Crippen LogP contribution >= 0.6 is 23.2 Å². The van der Waals surface area contributed by atoms with E-state index in [2.05, 4.69) is 5.32 Å². The van der Waals surface area contributed by atoms with Gasteiger partial charge in [-0.2, -0.15) is 0 Å². The van der Waals surface area contributed by atoms with Crippen molar-refractivity contribution >= 4 is 34.8 Å². The summed E-state index contributed by atoms with van der Waals surface area (Å²) < 4.78 is 0. The van der Waals surface area contributed by atoms with Gasteiger partial charge in [0.2, 0.25) is 5.91 Å². The molecule has 0 aliphatic carbocycles. The lowest BCUT2D eigenvalue weighted by atomic mass is 10.2. The Hall–Kier alpha value is -0.730. The summed E-state index contributed by atoms with van der Waals surface area (Å²) in [5.74, 6) is 0.442. The molecule has 1 aromatic rings. The molecule has 0 heterocycles. The second kappa shape index (κ2) is 5.99. The first-order valence-electron chi connectivity index (χ1n) is 4.75. The topological polar surface area (TPSA) is 29.1 Å². The Balaban J connectivity index is 2.63. The van der Waals surface area contributed by atoms with Gasteiger partial charge in [-0.15, -0.1) is 11.6 Å². The number of rotatable bonds is 4. The number of alkyl halides is 1. The number of aryl methyl sites for hydroxylation is 1. The number of carbonyl (C=O) groups is 1. The van der Waals surface area contributed by atoms with Crippen molar-refractivity contribution in [2.45, 2.75) is 19.8 Å². The molecule has 0 spiro atoms. The van der Waals surface area contributed by atoms with Gasteiger partial charge in [-0.05, 0) is 31.0 Å². The van der Waals surface area contributed by atoms with Crippen LogP contribution in [0.25, 0.3) is 0 Å². The molecule has 0 saturated heterocycles. The highest BCUT2D eigenvalue weighted by molar-refractivity contribution is 6.33. The average Bonchev–Trinajstić information content (AvgIpc) is 2.20. The summed E-state index contributed by atoms with van der Waals surface area (Å²) >= 11 is 11.4. The first-order valence-corrected chi connectivity index (χ1v) is 5.66. The van der Waals surface area contributed by atoms with Gasteiger partial charge < -0.3 is 5.32 Å². The highest BCUT2D eigenvalue weighted by Gasteiger charge is 2.05. The fourth-order valence-electron chi connectivity index (χ4n) is 1.17. The number of halogens is 2. The second-order valence-corrected chi connectivity index (χ2v) is 4.11. The number of benzene rings is 1. The van der Waals surface area contributed by atoms with Crippen LogP contribution in [0.15, 0.2) is 18.2 Å². The van der Waals surface area contributed by atoms with Crippen molar-refractivity contribution in [3.8, 4) is 0 Å². The van der Waals surface area contributed by atoms with E-state index < -0.39 is 0 Å². The zero-order valence-electron chi connectivity index (χ0n) is 8.52. The summed E-state index contributed by atoms with van der Waals surface area (Å²) in [7, 11) is 0. The van der Waals surface area contributed by atoms with Crippen molar-refractivity contribution in [1.82, 2.24) is 0 Å². The zero-order valence-corrected chi connectivity index (χ0v) is 10.0. The molecular formula is C11H13Cl2NO. The lowest BCUT2D eigenvalue weighted by Crippen LogP contribution is -2.11. The van der Waals surface area contributed by atoms with Crippen molar-refractivity contribution in [1.29, 1.82) is 0 Å². The Morgan fingerprint density at radius 1 is 1.47 bits per heavy atom. The third-order valence-electron chi connectivity index (χ3n) is 1.93. The van der Waals surface area contributed by atoms with Crippen molar-refractivity contribution < 1.29 is 4.79 Å². The number of amides is 1. The quantitative estimate of drug-likeness (QED) is 0.808. The van der Waals surface area contributed by atoms with E-state index in [4.69, 9.17) is 23.2 Å². The molecule has 0 aliphatic heterocycles. The molecule has 2 nitrogen and oxygen atoms in total. The van der Waals surface area contributed by atoms with Gasteiger partial charge in [-0.1, -0.05) is 17.7 Å². The number of carbonyl (C=O) groups excluding carboxylic acids is 1. The fraction of sp³-hybridized carbons (Fsp3) is 0.364. The Bertz CT molecular complexity index is 352. The summed E-state index contributed by atoms with van der Waals surface area (Å²) in [6.45, 7) is 1.95. The molecule has 15 heavy (non-hydrogen) atoms. The Morgan fingerprint density at radius 2 is 2.20 bits per heavy atom. The summed E-state index contributed by atoms with van der Waals surface area (Å²) in [5.41, 5.74) is 1.73. The lowest BCUT2D eigenvalue weighted by molar-refractivity contribution is -0.116. The molecule has 1 aromatic carbocycles. The largest absolute Gasteiger partial charge is 0.325 e. The van der Waals surface area contributed by atoms with Gasteiger partial charge in [0.1, 0.15) is 0 Å². The monoisotopic (exact) mass is 245 g/mol. The molecule has 0 bridgehead atoms. The van der Waals surface area contributed by atoms with Gasteiger partial charge in [-0.25, -0.2) is 0 Å². The number of hydrogen-bond donors (Lipinski definition) is 1. The molecule has 4 heteroatoms. The molecule has 0 atom stereocenters. The first kappa shape index (κ1) is 12.3. The van der Waals surface area contributed by atoms with E-state index in [-0.39, 0.29) is 5.91 Å². The second-order valence-electron chi connectivity index (χ2n) is 3.32. The van der Waals surface area contributed by atoms with Gasteiger partial charge in [0, 0.05) is 12.3 Å². The highest BCUT2D eigenvalue weighted by Crippen LogP contribution is 2.22. The molecule has 0 saturated carbocycles. The first-order chi connectivity index (χ1) is 7.13. The van der Waals surface area contributed by atoms with Gasteiger partial charge in [-0.3, -0.25) is 4.79 Å². The van der Waals surface area contributed by atoms with E-state index in [1.165, 1.54) is 0 Å². The van der Waals surface area contributed by atoms with Gasteiger partial charge in [0.05, 0.1) is 10.7 Å². The normalized spacial score (nSPS) is 10.1. The maximum atomic E-state index is 11.4. The summed E-state index contributed by atoms with van der Waals surface area (Å²) in [6, 6.07) is 5.52. The molecule has 0 radical (unpaired) electrons. The third-order valence-corrected chi connectivity index (χ3v) is 2.53. The molecular weight excluding hydrogens is 233 g/mol. The maximum Gasteiger partial charge on any atom is 0.224 e. The van der Waals surface area contributed by atoms with Crippen molar-refractivity contribution in [2.24, 2.45) is 0 Å². The van der Waals surface area contributed by atoms with E-state index in [1.54, 1.807) is 6.07 Å². The smallest absolute Gasteiger partial charge is 0.224 e. The van der Waals surface area contributed by atoms with E-state index in [1.807, 2.05) is 19.1 Å². The van der Waals surface area contributed by atoms with Gasteiger partial charge in [0.25, 0.3) is 0 Å². The average molecular weight is 246 g/mol. The lowest BCUT2D eigenvalue weighted by Gasteiger charge is -2.07. The molecule has 1 N–H and O–H groups in total.